The van der Waals surface area contributed by atoms with Crippen molar-refractivity contribution >= 4 is 53.0 Å². The average molecular weight is 299 g/mol. The van der Waals surface area contributed by atoms with Crippen LogP contribution in [0.25, 0.3) is 0 Å². The topological polar surface area (TPSA) is 202 Å². The van der Waals surface area contributed by atoms with Crippen LogP contribution in [0.2, 0.25) is 0 Å². The molecule has 1 radical (unpaired) electrons. The van der Waals surface area contributed by atoms with Crippen LogP contribution in [0.1, 0.15) is 0 Å². The van der Waals surface area contributed by atoms with Gasteiger partial charge < -0.3 is 29.9 Å². The van der Waals surface area contributed by atoms with Gasteiger partial charge in [-0.2, -0.15) is 8.62 Å². The smallest absolute Gasteiger partial charge is 0.412 e. The third-order valence-corrected chi connectivity index (χ3v) is 3.77. The minimum Gasteiger partial charge on any atom is -0.412 e. The first-order chi connectivity index (χ1) is 5.41. The zero-order valence-electron chi connectivity index (χ0n) is 7.12. The summed E-state index contributed by atoms with van der Waals surface area (Å²) in [5.41, 5.74) is 0. The predicted molar refractivity (Wildman–Crippen MR) is 45.5 cm³/mol. The van der Waals surface area contributed by atoms with Crippen molar-refractivity contribution in [2.45, 2.75) is 0 Å². The van der Waals surface area contributed by atoms with E-state index in [1.54, 1.807) is 0 Å². The fourth-order valence-corrected chi connectivity index (χ4v) is 2.82. The maximum atomic E-state index is 10.4. The fraction of sp³-hybridized carbons (Fsp3) is 0. The Morgan fingerprint density at radius 1 is 0.733 bits per heavy atom. The first kappa shape index (κ1) is 21.6. The third-order valence-electron chi connectivity index (χ3n) is 0.419. The molecule has 0 bridgehead atoms. The summed E-state index contributed by atoms with van der Waals surface area (Å²) in [5, 5.41) is 0. The van der Waals surface area contributed by atoms with Crippen LogP contribution in [0.15, 0.2) is 0 Å². The molecule has 89 valence electrons. The van der Waals surface area contributed by atoms with E-state index in [1.165, 1.54) is 0 Å². The van der Waals surface area contributed by atoms with Gasteiger partial charge in [-0.1, -0.05) is 0 Å². The van der Waals surface area contributed by atoms with Gasteiger partial charge in [0.2, 0.25) is 0 Å². The molecule has 0 atom stereocenters. The van der Waals surface area contributed by atoms with Gasteiger partial charge in [-0.05, 0) is 0 Å². The van der Waals surface area contributed by atoms with E-state index in [4.69, 9.17) is 24.5 Å². The van der Waals surface area contributed by atoms with Crippen LogP contribution in [0.5, 0.6) is 0 Å². The zero-order chi connectivity index (χ0) is 10.9. The molecule has 0 rings (SSSR count). The van der Waals surface area contributed by atoms with Crippen molar-refractivity contribution in [1.82, 2.24) is 0 Å². The number of phosphoric acid groups is 3. The van der Waals surface area contributed by atoms with Crippen molar-refractivity contribution in [3.05, 3.63) is 0 Å². The van der Waals surface area contributed by atoms with E-state index in [1.807, 2.05) is 0 Å². The van der Waals surface area contributed by atoms with E-state index in [2.05, 4.69) is 8.62 Å². The van der Waals surface area contributed by atoms with Gasteiger partial charge in [-0.3, -0.25) is 0 Å². The van der Waals surface area contributed by atoms with E-state index < -0.39 is 23.5 Å². The molecule has 0 aromatic carbocycles. The van der Waals surface area contributed by atoms with Gasteiger partial charge in [-0.25, -0.2) is 13.7 Å². The second-order valence-electron chi connectivity index (χ2n) is 1.61. The first-order valence-corrected chi connectivity index (χ1v) is 6.83. The van der Waals surface area contributed by atoms with Crippen LogP contribution in [0.4, 0.5) is 0 Å². The normalized spacial score (nSPS) is 12.6. The molecule has 0 aromatic heterocycles. The Morgan fingerprint density at radius 2 is 0.933 bits per heavy atom. The minimum absolute atomic E-state index is 0. The summed E-state index contributed by atoms with van der Waals surface area (Å²) >= 11 is 0. The fourth-order valence-electron chi connectivity index (χ4n) is 0.284. The van der Waals surface area contributed by atoms with Gasteiger partial charge in [0.15, 0.2) is 0 Å². The van der Waals surface area contributed by atoms with Crippen LogP contribution < -0.4 is 0 Å². The quantitative estimate of drug-likeness (QED) is 0.288. The van der Waals surface area contributed by atoms with E-state index in [0.717, 1.165) is 0 Å². The summed E-state index contributed by atoms with van der Waals surface area (Å²) in [6.07, 6.45) is 0. The second-order valence-corrected chi connectivity index (χ2v) is 5.82. The molecule has 0 aromatic rings. The maximum Gasteiger partial charge on any atom is 0.490 e. The van der Waals surface area contributed by atoms with Crippen LogP contribution in [-0.2, 0) is 22.3 Å². The van der Waals surface area contributed by atoms with Crippen LogP contribution in [0.3, 0.4) is 0 Å². The maximum absolute atomic E-state index is 10.4. The van der Waals surface area contributed by atoms with Crippen LogP contribution in [-0.4, -0.2) is 59.5 Å². The van der Waals surface area contributed by atoms with Gasteiger partial charge in [0.05, 0.1) is 0 Å². The first-order valence-electron chi connectivity index (χ1n) is 2.28. The Labute approximate surface area is 105 Å². The van der Waals surface area contributed by atoms with E-state index in [-0.39, 0.29) is 35.0 Å². The summed E-state index contributed by atoms with van der Waals surface area (Å²) in [4.78, 5) is 40.2. The molecule has 0 amide bonds. The second kappa shape index (κ2) is 6.95. The number of rotatable bonds is 4. The van der Waals surface area contributed by atoms with Gasteiger partial charge >= 0.3 is 23.5 Å². The van der Waals surface area contributed by atoms with Crippen molar-refractivity contribution in [1.29, 1.82) is 0 Å². The minimum atomic E-state index is -5.46. The molecule has 0 aliphatic heterocycles. The van der Waals surface area contributed by atoms with Crippen molar-refractivity contribution in [3.8, 4) is 0 Å². The van der Waals surface area contributed by atoms with Crippen molar-refractivity contribution in [3.63, 3.8) is 0 Å². The number of hydrogen-bond donors (Lipinski definition) is 5. The molecule has 0 fully saturated rings. The average Bonchev–Trinajstić information content (AvgIpc) is 1.43. The van der Waals surface area contributed by atoms with Crippen molar-refractivity contribution in [2.24, 2.45) is 0 Å². The van der Waals surface area contributed by atoms with Gasteiger partial charge in [0.1, 0.15) is 0 Å². The Hall–Kier alpha value is 1.37. The van der Waals surface area contributed by atoms with Crippen LogP contribution in [0, 0.1) is 0 Å². The molecular weight excluding hydrogens is 292 g/mol. The van der Waals surface area contributed by atoms with Crippen LogP contribution >= 0.6 is 23.5 Å². The zero-order valence-corrected chi connectivity index (χ0v) is 11.8. The summed E-state index contributed by atoms with van der Waals surface area (Å²) in [6.45, 7) is 0. The monoisotopic (exact) mass is 299 g/mol. The number of hydrogen-bond acceptors (Lipinski definition) is 5. The van der Waals surface area contributed by atoms with E-state index in [0.29, 0.717) is 0 Å². The van der Waals surface area contributed by atoms with Gasteiger partial charge in [0, 0.05) is 29.6 Å². The van der Waals surface area contributed by atoms with Gasteiger partial charge in [-0.15, -0.1) is 0 Å². The summed E-state index contributed by atoms with van der Waals surface area (Å²) in [7, 11) is -16.2. The molecular formula is H7NaO11P3. The predicted octanol–water partition coefficient (Wildman–Crippen LogP) is -1.90. The SMILES string of the molecule is O.O=P(O)(O)OP(=O)(O)OP(=O)(O)O.[Na]. The molecule has 0 aliphatic rings. The molecule has 15 heavy (non-hydrogen) atoms. The molecule has 7 N–H and O–H groups in total. The Morgan fingerprint density at radius 3 is 1.07 bits per heavy atom. The molecule has 0 heterocycles. The Bertz CT molecular complexity index is 278. The standard InChI is InChI=1S/Na.H5O10P3.H2O/c;1-11(2,3)9-13(7,8)10-12(4,5)6;/h;(H,7,8)(H2,1,2,3)(H2,4,5,6);1H2. The molecule has 0 saturated heterocycles. The van der Waals surface area contributed by atoms with Gasteiger partial charge in [0.25, 0.3) is 0 Å². The van der Waals surface area contributed by atoms with Crippen molar-refractivity contribution in [2.75, 3.05) is 0 Å². The largest absolute Gasteiger partial charge is 0.490 e. The summed E-state index contributed by atoms with van der Waals surface area (Å²) < 4.78 is 36.4. The molecule has 0 saturated carbocycles. The van der Waals surface area contributed by atoms with E-state index >= 15 is 0 Å². The molecule has 0 aliphatic carbocycles. The summed E-state index contributed by atoms with van der Waals surface area (Å²) in [5.74, 6) is 0. The summed E-state index contributed by atoms with van der Waals surface area (Å²) in [6, 6.07) is 0. The Balaban J connectivity index is -0.000000720. The molecule has 11 nitrogen and oxygen atoms in total. The molecule has 0 unspecified atom stereocenters. The molecule has 15 heteroatoms. The van der Waals surface area contributed by atoms with E-state index in [9.17, 15) is 13.7 Å². The Kier molecular flexibility index (Phi) is 10.0. The van der Waals surface area contributed by atoms with Crippen molar-refractivity contribution < 1.29 is 52.3 Å². The third kappa shape index (κ3) is 15.4. The molecule has 0 spiro atoms.